The van der Waals surface area contributed by atoms with E-state index >= 15 is 0 Å². The Hall–Kier alpha value is -1.82. The molecule has 0 aliphatic heterocycles. The van der Waals surface area contributed by atoms with Crippen LogP contribution in [-0.4, -0.2) is 23.0 Å². The van der Waals surface area contributed by atoms with Crippen molar-refractivity contribution >= 4 is 27.5 Å². The SMILES string of the molecule is Cc1noc(C)c1-c1cc(NC(=O)C2CC2)ccc1OCCBr. The van der Waals surface area contributed by atoms with Gasteiger partial charge in [0.05, 0.1) is 17.9 Å². The van der Waals surface area contributed by atoms with Gasteiger partial charge in [0.15, 0.2) is 0 Å². The van der Waals surface area contributed by atoms with Gasteiger partial charge in [-0.15, -0.1) is 0 Å². The van der Waals surface area contributed by atoms with Crippen molar-refractivity contribution in [2.24, 2.45) is 5.92 Å². The summed E-state index contributed by atoms with van der Waals surface area (Å²) in [7, 11) is 0. The van der Waals surface area contributed by atoms with Gasteiger partial charge in [0, 0.05) is 22.5 Å². The van der Waals surface area contributed by atoms with Crippen LogP contribution in [0.2, 0.25) is 0 Å². The lowest BCUT2D eigenvalue weighted by atomic mass is 10.0. The topological polar surface area (TPSA) is 64.4 Å². The van der Waals surface area contributed by atoms with Crippen molar-refractivity contribution < 1.29 is 14.1 Å². The predicted molar refractivity (Wildman–Crippen MR) is 92.1 cm³/mol. The molecule has 1 aromatic carbocycles. The molecule has 1 aliphatic rings. The fourth-order valence-electron chi connectivity index (χ4n) is 2.53. The van der Waals surface area contributed by atoms with Crippen LogP contribution in [0.3, 0.4) is 0 Å². The van der Waals surface area contributed by atoms with Gasteiger partial charge in [-0.05, 0) is 44.9 Å². The van der Waals surface area contributed by atoms with E-state index in [1.165, 1.54) is 0 Å². The van der Waals surface area contributed by atoms with Crippen LogP contribution in [0, 0.1) is 19.8 Å². The van der Waals surface area contributed by atoms with Gasteiger partial charge in [0.2, 0.25) is 5.91 Å². The van der Waals surface area contributed by atoms with Gasteiger partial charge in [0.1, 0.15) is 11.5 Å². The molecule has 122 valence electrons. The number of carbonyl (C=O) groups is 1. The number of amides is 1. The predicted octanol–water partition coefficient (Wildman–Crippen LogP) is 4.08. The first-order valence-electron chi connectivity index (χ1n) is 7.67. The summed E-state index contributed by atoms with van der Waals surface area (Å²) in [5.74, 6) is 1.74. The summed E-state index contributed by atoms with van der Waals surface area (Å²) in [5, 5.41) is 7.73. The second-order valence-corrected chi connectivity index (χ2v) is 6.50. The average molecular weight is 379 g/mol. The minimum atomic E-state index is 0.0869. The van der Waals surface area contributed by atoms with Gasteiger partial charge in [-0.2, -0.15) is 0 Å². The molecule has 2 aromatic rings. The highest BCUT2D eigenvalue weighted by molar-refractivity contribution is 9.09. The van der Waals surface area contributed by atoms with E-state index in [4.69, 9.17) is 9.26 Å². The number of hydrogen-bond acceptors (Lipinski definition) is 4. The molecule has 1 amide bonds. The maximum Gasteiger partial charge on any atom is 0.227 e. The second-order valence-electron chi connectivity index (χ2n) is 5.71. The molecule has 0 bridgehead atoms. The Morgan fingerprint density at radius 3 is 2.83 bits per heavy atom. The molecule has 1 N–H and O–H groups in total. The van der Waals surface area contributed by atoms with Gasteiger partial charge in [-0.25, -0.2) is 0 Å². The van der Waals surface area contributed by atoms with Crippen LogP contribution in [0.25, 0.3) is 11.1 Å². The summed E-state index contributed by atoms with van der Waals surface area (Å²) >= 11 is 3.37. The molecule has 0 saturated heterocycles. The van der Waals surface area contributed by atoms with Gasteiger partial charge in [0.25, 0.3) is 0 Å². The van der Waals surface area contributed by atoms with Crippen molar-refractivity contribution in [2.75, 3.05) is 17.3 Å². The minimum absolute atomic E-state index is 0.0869. The quantitative estimate of drug-likeness (QED) is 0.769. The lowest BCUT2D eigenvalue weighted by molar-refractivity contribution is -0.117. The molecule has 1 aliphatic carbocycles. The van der Waals surface area contributed by atoms with Crippen molar-refractivity contribution in [3.8, 4) is 16.9 Å². The van der Waals surface area contributed by atoms with E-state index in [0.29, 0.717) is 6.61 Å². The normalized spacial score (nSPS) is 13.9. The number of carbonyl (C=O) groups excluding carboxylic acids is 1. The van der Waals surface area contributed by atoms with Crippen LogP contribution in [0.5, 0.6) is 5.75 Å². The fourth-order valence-corrected chi connectivity index (χ4v) is 2.70. The Morgan fingerprint density at radius 2 is 2.22 bits per heavy atom. The van der Waals surface area contributed by atoms with Gasteiger partial charge < -0.3 is 14.6 Å². The number of alkyl halides is 1. The van der Waals surface area contributed by atoms with Crippen LogP contribution in [-0.2, 0) is 4.79 Å². The van der Waals surface area contributed by atoms with E-state index < -0.39 is 0 Å². The molecule has 3 rings (SSSR count). The Labute approximate surface area is 143 Å². The van der Waals surface area contributed by atoms with E-state index in [1.54, 1.807) is 0 Å². The monoisotopic (exact) mass is 378 g/mol. The molecule has 0 atom stereocenters. The molecule has 5 nitrogen and oxygen atoms in total. The maximum atomic E-state index is 12.0. The molecule has 0 unspecified atom stereocenters. The summed E-state index contributed by atoms with van der Waals surface area (Å²) < 4.78 is 11.1. The molecule has 1 saturated carbocycles. The third-order valence-corrected chi connectivity index (χ3v) is 4.16. The molecule has 23 heavy (non-hydrogen) atoms. The number of hydrogen-bond donors (Lipinski definition) is 1. The van der Waals surface area contributed by atoms with Gasteiger partial charge >= 0.3 is 0 Å². The zero-order valence-corrected chi connectivity index (χ0v) is 14.8. The zero-order valence-electron chi connectivity index (χ0n) is 13.2. The highest BCUT2D eigenvalue weighted by Gasteiger charge is 2.29. The van der Waals surface area contributed by atoms with Crippen LogP contribution in [0.15, 0.2) is 22.7 Å². The minimum Gasteiger partial charge on any atom is -0.492 e. The Balaban J connectivity index is 1.96. The standard InChI is InChI=1S/C17H19BrN2O3/c1-10-16(11(2)23-20-10)14-9-13(19-17(21)12-3-4-12)5-6-15(14)22-8-7-18/h5-6,9,12H,3-4,7-8H2,1-2H3,(H,19,21). The van der Waals surface area contributed by atoms with E-state index in [9.17, 15) is 4.79 Å². The fraction of sp³-hybridized carbons (Fsp3) is 0.412. The highest BCUT2D eigenvalue weighted by Crippen LogP contribution is 2.37. The third-order valence-electron chi connectivity index (χ3n) is 3.83. The van der Waals surface area contributed by atoms with Crippen LogP contribution in [0.4, 0.5) is 5.69 Å². The van der Waals surface area contributed by atoms with Crippen molar-refractivity contribution in [1.29, 1.82) is 0 Å². The van der Waals surface area contributed by atoms with Crippen molar-refractivity contribution in [3.63, 3.8) is 0 Å². The number of nitrogens with zero attached hydrogens (tertiary/aromatic N) is 1. The number of anilines is 1. The van der Waals surface area contributed by atoms with Crippen molar-refractivity contribution in [3.05, 3.63) is 29.7 Å². The molecule has 6 heteroatoms. The molecule has 1 aromatic heterocycles. The summed E-state index contributed by atoms with van der Waals surface area (Å²) in [6, 6.07) is 5.67. The number of rotatable bonds is 6. The Bertz CT molecular complexity index is 703. The largest absolute Gasteiger partial charge is 0.492 e. The summed E-state index contributed by atoms with van der Waals surface area (Å²) in [6.45, 7) is 4.33. The van der Waals surface area contributed by atoms with Crippen LogP contribution >= 0.6 is 15.9 Å². The number of nitrogens with one attached hydrogen (secondary N) is 1. The molecule has 0 spiro atoms. The summed E-state index contributed by atoms with van der Waals surface area (Å²) in [6.07, 6.45) is 1.96. The van der Waals surface area contributed by atoms with E-state index in [0.717, 1.165) is 52.2 Å². The number of benzene rings is 1. The molecule has 1 fully saturated rings. The molecule has 0 radical (unpaired) electrons. The van der Waals surface area contributed by atoms with Gasteiger partial charge in [-0.1, -0.05) is 21.1 Å². The average Bonchev–Trinajstić information content (AvgIpc) is 3.32. The first kappa shape index (κ1) is 16.1. The van der Waals surface area contributed by atoms with Crippen LogP contribution < -0.4 is 10.1 Å². The first-order chi connectivity index (χ1) is 11.1. The Kier molecular flexibility index (Phi) is 4.71. The summed E-state index contributed by atoms with van der Waals surface area (Å²) in [4.78, 5) is 12.0. The zero-order chi connectivity index (χ0) is 16.4. The second kappa shape index (κ2) is 6.74. The maximum absolute atomic E-state index is 12.0. The smallest absolute Gasteiger partial charge is 0.227 e. The van der Waals surface area contributed by atoms with E-state index in [-0.39, 0.29) is 11.8 Å². The van der Waals surface area contributed by atoms with Crippen molar-refractivity contribution in [1.82, 2.24) is 5.16 Å². The lowest BCUT2D eigenvalue weighted by Gasteiger charge is -2.13. The van der Waals surface area contributed by atoms with E-state index in [2.05, 4.69) is 26.4 Å². The molecular formula is C17H19BrN2O3. The van der Waals surface area contributed by atoms with E-state index in [1.807, 2.05) is 32.0 Å². The lowest BCUT2D eigenvalue weighted by Crippen LogP contribution is -2.13. The number of ether oxygens (including phenoxy) is 1. The number of aromatic nitrogens is 1. The molecule has 1 heterocycles. The third kappa shape index (κ3) is 3.58. The highest BCUT2D eigenvalue weighted by atomic mass is 79.9. The number of aryl methyl sites for hydroxylation is 2. The number of halogens is 1. The Morgan fingerprint density at radius 1 is 1.43 bits per heavy atom. The van der Waals surface area contributed by atoms with Crippen LogP contribution in [0.1, 0.15) is 24.3 Å². The van der Waals surface area contributed by atoms with Gasteiger partial charge in [-0.3, -0.25) is 4.79 Å². The van der Waals surface area contributed by atoms with Crippen molar-refractivity contribution in [2.45, 2.75) is 26.7 Å². The first-order valence-corrected chi connectivity index (χ1v) is 8.79. The molecular weight excluding hydrogens is 360 g/mol. The summed E-state index contributed by atoms with van der Waals surface area (Å²) in [5.41, 5.74) is 3.37.